The minimum absolute atomic E-state index is 0.205. The van der Waals surface area contributed by atoms with Crippen LogP contribution in [-0.4, -0.2) is 15.5 Å². The van der Waals surface area contributed by atoms with E-state index in [9.17, 15) is 4.79 Å². The first-order chi connectivity index (χ1) is 10.6. The van der Waals surface area contributed by atoms with Gasteiger partial charge in [-0.1, -0.05) is 25.1 Å². The van der Waals surface area contributed by atoms with Gasteiger partial charge < -0.3 is 4.57 Å². The van der Waals surface area contributed by atoms with E-state index in [1.54, 1.807) is 0 Å². The van der Waals surface area contributed by atoms with Crippen LogP contribution in [0.5, 0.6) is 0 Å². The monoisotopic (exact) mass is 311 g/mol. The first-order valence-electron chi connectivity index (χ1n) is 7.19. The molecule has 22 heavy (non-hydrogen) atoms. The van der Waals surface area contributed by atoms with Crippen molar-refractivity contribution in [2.75, 3.05) is 0 Å². The van der Waals surface area contributed by atoms with E-state index in [-0.39, 0.29) is 5.91 Å². The summed E-state index contributed by atoms with van der Waals surface area (Å²) in [6.45, 7) is 4.00. The Morgan fingerprint density at radius 2 is 2.14 bits per heavy atom. The summed E-state index contributed by atoms with van der Waals surface area (Å²) in [5, 5.41) is 2.78. The molecule has 1 amide bonds. The second-order valence-corrected chi connectivity index (χ2v) is 6.02. The van der Waals surface area contributed by atoms with Crippen LogP contribution in [0, 0.1) is 6.92 Å². The van der Waals surface area contributed by atoms with Crippen LogP contribution in [0.1, 0.15) is 28.5 Å². The van der Waals surface area contributed by atoms with E-state index in [0.717, 1.165) is 28.6 Å². The molecule has 0 saturated heterocycles. The van der Waals surface area contributed by atoms with E-state index in [0.29, 0.717) is 10.4 Å². The van der Waals surface area contributed by atoms with Crippen molar-refractivity contribution in [2.45, 2.75) is 20.3 Å². The highest BCUT2D eigenvalue weighted by molar-refractivity contribution is 7.07. The highest BCUT2D eigenvalue weighted by Crippen LogP contribution is 2.24. The molecule has 0 atom stereocenters. The quantitative estimate of drug-likeness (QED) is 0.729. The van der Waals surface area contributed by atoms with Gasteiger partial charge in [-0.05, 0) is 25.0 Å². The van der Waals surface area contributed by atoms with Gasteiger partial charge in [0.25, 0.3) is 5.91 Å². The van der Waals surface area contributed by atoms with Crippen LogP contribution in [0.15, 0.2) is 40.8 Å². The van der Waals surface area contributed by atoms with Gasteiger partial charge in [0.05, 0.1) is 11.1 Å². The minimum Gasteiger partial charge on any atom is -0.327 e. The van der Waals surface area contributed by atoms with Crippen molar-refractivity contribution in [3.05, 3.63) is 57.5 Å². The number of pyridine rings is 1. The fourth-order valence-corrected chi connectivity index (χ4v) is 3.28. The van der Waals surface area contributed by atoms with Crippen LogP contribution in [0.4, 0.5) is 0 Å². The standard InChI is InChI=1S/C17H17N3OS/c1-4-13-11(2)15(12-7-5-6-8-14(12)18-13)16(21)19-17-20(3)9-10-22-17/h5-10H,4H2,1-3H3. The molecule has 2 aromatic heterocycles. The first kappa shape index (κ1) is 14.7. The zero-order chi connectivity index (χ0) is 15.7. The van der Waals surface area contributed by atoms with Crippen molar-refractivity contribution in [1.82, 2.24) is 9.55 Å². The van der Waals surface area contributed by atoms with Gasteiger partial charge in [0.15, 0.2) is 4.80 Å². The van der Waals surface area contributed by atoms with E-state index in [1.807, 2.05) is 54.4 Å². The van der Waals surface area contributed by atoms with Gasteiger partial charge >= 0.3 is 0 Å². The summed E-state index contributed by atoms with van der Waals surface area (Å²) < 4.78 is 1.85. The molecule has 0 aliphatic rings. The Hall–Kier alpha value is -2.27. The number of aromatic nitrogens is 2. The number of rotatable bonds is 2. The van der Waals surface area contributed by atoms with Gasteiger partial charge in [-0.25, -0.2) is 0 Å². The van der Waals surface area contributed by atoms with Crippen LogP contribution in [0.25, 0.3) is 10.9 Å². The van der Waals surface area contributed by atoms with Crippen molar-refractivity contribution in [3.63, 3.8) is 0 Å². The van der Waals surface area contributed by atoms with Crippen LogP contribution in [0.3, 0.4) is 0 Å². The highest BCUT2D eigenvalue weighted by atomic mass is 32.1. The summed E-state index contributed by atoms with van der Waals surface area (Å²) in [6, 6.07) is 7.74. The summed E-state index contributed by atoms with van der Waals surface area (Å²) in [7, 11) is 1.89. The lowest BCUT2D eigenvalue weighted by Gasteiger charge is -2.10. The number of fused-ring (bicyclic) bond motifs is 1. The first-order valence-corrected chi connectivity index (χ1v) is 8.07. The molecule has 5 heteroatoms. The second kappa shape index (κ2) is 5.85. The molecule has 2 heterocycles. The number of thiazole rings is 1. The number of carbonyl (C=O) groups excluding carboxylic acids is 1. The van der Waals surface area contributed by atoms with Crippen LogP contribution >= 0.6 is 11.3 Å². The minimum atomic E-state index is -0.205. The van der Waals surface area contributed by atoms with Crippen molar-refractivity contribution < 1.29 is 4.79 Å². The summed E-state index contributed by atoms with van der Waals surface area (Å²) in [4.78, 5) is 22.4. The molecular formula is C17H17N3OS. The fourth-order valence-electron chi connectivity index (χ4n) is 2.56. The van der Waals surface area contributed by atoms with Gasteiger partial charge in [-0.2, -0.15) is 4.99 Å². The fraction of sp³-hybridized carbons (Fsp3) is 0.235. The largest absolute Gasteiger partial charge is 0.327 e. The Morgan fingerprint density at radius 1 is 1.36 bits per heavy atom. The molecule has 1 aromatic carbocycles. The molecule has 0 unspecified atom stereocenters. The number of aryl methyl sites for hydroxylation is 2. The van der Waals surface area contributed by atoms with E-state index in [1.165, 1.54) is 11.3 Å². The molecule has 3 rings (SSSR count). The lowest BCUT2D eigenvalue weighted by molar-refractivity contribution is 0.0998. The average molecular weight is 311 g/mol. The van der Waals surface area contributed by atoms with Gasteiger partial charge in [0.2, 0.25) is 0 Å². The lowest BCUT2D eigenvalue weighted by Crippen LogP contribution is -2.14. The Bertz CT molecular complexity index is 921. The van der Waals surface area contributed by atoms with Gasteiger partial charge in [-0.15, -0.1) is 11.3 Å². The zero-order valence-corrected chi connectivity index (χ0v) is 13.6. The predicted octanol–water partition coefficient (Wildman–Crippen LogP) is 3.25. The van der Waals surface area contributed by atoms with Gasteiger partial charge in [0, 0.05) is 29.7 Å². The van der Waals surface area contributed by atoms with Crippen molar-refractivity contribution in [1.29, 1.82) is 0 Å². The third kappa shape index (κ3) is 2.48. The molecule has 0 fully saturated rings. The van der Waals surface area contributed by atoms with E-state index < -0.39 is 0 Å². The van der Waals surface area contributed by atoms with E-state index in [2.05, 4.69) is 16.9 Å². The van der Waals surface area contributed by atoms with Gasteiger partial charge in [-0.3, -0.25) is 9.78 Å². The number of amides is 1. The topological polar surface area (TPSA) is 47.2 Å². The molecule has 3 aromatic rings. The molecular weight excluding hydrogens is 294 g/mol. The lowest BCUT2D eigenvalue weighted by atomic mass is 10.00. The van der Waals surface area contributed by atoms with E-state index in [4.69, 9.17) is 0 Å². The molecule has 0 N–H and O–H groups in total. The molecule has 0 aliphatic carbocycles. The molecule has 0 spiro atoms. The number of hydrogen-bond donors (Lipinski definition) is 0. The Kier molecular flexibility index (Phi) is 3.90. The van der Waals surface area contributed by atoms with Crippen LogP contribution < -0.4 is 4.80 Å². The van der Waals surface area contributed by atoms with E-state index >= 15 is 0 Å². The third-order valence-corrected chi connectivity index (χ3v) is 4.59. The molecule has 4 nitrogen and oxygen atoms in total. The Balaban J connectivity index is 2.28. The zero-order valence-electron chi connectivity index (χ0n) is 12.8. The summed E-state index contributed by atoms with van der Waals surface area (Å²) >= 11 is 1.45. The normalized spacial score (nSPS) is 12.0. The second-order valence-electron chi connectivity index (χ2n) is 5.14. The summed E-state index contributed by atoms with van der Waals surface area (Å²) in [5.41, 5.74) is 3.39. The molecule has 0 saturated carbocycles. The molecule has 0 aliphatic heterocycles. The number of hydrogen-bond acceptors (Lipinski definition) is 3. The van der Waals surface area contributed by atoms with Crippen molar-refractivity contribution in [3.8, 4) is 0 Å². The number of carbonyl (C=O) groups is 1. The van der Waals surface area contributed by atoms with Crippen molar-refractivity contribution in [2.24, 2.45) is 12.0 Å². The summed E-state index contributed by atoms with van der Waals surface area (Å²) in [6.07, 6.45) is 2.69. The van der Waals surface area contributed by atoms with Crippen LogP contribution in [-0.2, 0) is 13.5 Å². The number of benzene rings is 1. The SMILES string of the molecule is CCc1nc2ccccc2c(C(=O)N=c2sccn2C)c1C. The van der Waals surface area contributed by atoms with Crippen LogP contribution in [0.2, 0.25) is 0 Å². The highest BCUT2D eigenvalue weighted by Gasteiger charge is 2.16. The molecule has 0 bridgehead atoms. The summed E-state index contributed by atoms with van der Waals surface area (Å²) in [5.74, 6) is -0.205. The molecule has 112 valence electrons. The predicted molar refractivity (Wildman–Crippen MR) is 89.0 cm³/mol. The third-order valence-electron chi connectivity index (χ3n) is 3.74. The van der Waals surface area contributed by atoms with Crippen molar-refractivity contribution >= 4 is 28.1 Å². The maximum absolute atomic E-state index is 12.8. The molecule has 0 radical (unpaired) electrons. The smallest absolute Gasteiger partial charge is 0.280 e. The maximum atomic E-state index is 12.8. The van der Waals surface area contributed by atoms with Gasteiger partial charge in [0.1, 0.15) is 0 Å². The number of nitrogens with zero attached hydrogens (tertiary/aromatic N) is 3. The number of para-hydroxylation sites is 1. The maximum Gasteiger partial charge on any atom is 0.280 e. The Morgan fingerprint density at radius 3 is 2.82 bits per heavy atom. The average Bonchev–Trinajstić information content (AvgIpc) is 2.91. The Labute approximate surface area is 132 Å².